The molecule has 13 unspecified atom stereocenters. The van der Waals surface area contributed by atoms with Crippen LogP contribution in [-0.2, 0) is 14.2 Å². The summed E-state index contributed by atoms with van der Waals surface area (Å²) in [5, 5.41) is 38.1. The summed E-state index contributed by atoms with van der Waals surface area (Å²) in [4.78, 5) is 15.8. The molecule has 1 saturated heterocycles. The van der Waals surface area contributed by atoms with E-state index in [1.54, 1.807) is 38.5 Å². The van der Waals surface area contributed by atoms with Gasteiger partial charge in [0.1, 0.15) is 6.10 Å². The number of carbonyl (C=O) groups excluding carboxylic acids is 1. The summed E-state index contributed by atoms with van der Waals surface area (Å²) < 4.78 is 18.5. The number of hydrogen-bond donors (Lipinski definition) is 3. The number of ether oxygens (including phenoxy) is 3. The van der Waals surface area contributed by atoms with Gasteiger partial charge in [-0.3, -0.25) is 4.90 Å². The molecule has 0 amide bonds. The van der Waals surface area contributed by atoms with Gasteiger partial charge in [-0.05, 0) is 43.4 Å². The van der Waals surface area contributed by atoms with Crippen LogP contribution in [0.4, 0.5) is 0 Å². The summed E-state index contributed by atoms with van der Waals surface area (Å²) in [7, 11) is 3.33. The van der Waals surface area contributed by atoms with E-state index in [0.717, 1.165) is 19.5 Å². The van der Waals surface area contributed by atoms with E-state index >= 15 is 0 Å². The Morgan fingerprint density at radius 2 is 1.82 bits per heavy atom. The Bertz CT molecular complexity index is 1130. The highest BCUT2D eigenvalue weighted by Crippen LogP contribution is 2.80. The molecule has 13 atom stereocenters. The van der Waals surface area contributed by atoms with E-state index in [0.29, 0.717) is 24.8 Å². The highest BCUT2D eigenvalue weighted by molar-refractivity contribution is 5.89. The minimum atomic E-state index is -1.45. The van der Waals surface area contributed by atoms with Crippen molar-refractivity contribution in [3.05, 3.63) is 35.9 Å². The number of methoxy groups -OCH3 is 2. The molecule has 1 spiro atoms. The summed E-state index contributed by atoms with van der Waals surface area (Å²) in [5.41, 5.74) is -3.48. The van der Waals surface area contributed by atoms with Gasteiger partial charge < -0.3 is 29.5 Å². The van der Waals surface area contributed by atoms with Crippen molar-refractivity contribution in [3.8, 4) is 0 Å². The van der Waals surface area contributed by atoms with Crippen LogP contribution in [0.25, 0.3) is 0 Å². The first-order valence-corrected chi connectivity index (χ1v) is 14.3. The molecule has 5 aliphatic carbocycles. The summed E-state index contributed by atoms with van der Waals surface area (Å²) in [6.07, 6.45) is -0.118. The monoisotopic (exact) mass is 527 g/mol. The van der Waals surface area contributed by atoms with E-state index in [-0.39, 0.29) is 35.3 Å². The second-order valence-electron chi connectivity index (χ2n) is 13.3. The molecule has 7 rings (SSSR count). The van der Waals surface area contributed by atoms with E-state index in [9.17, 15) is 20.1 Å². The number of hydrogen-bond acceptors (Lipinski definition) is 8. The molecule has 6 fully saturated rings. The second-order valence-corrected chi connectivity index (χ2v) is 13.3. The first-order valence-electron chi connectivity index (χ1n) is 14.3. The molecule has 5 saturated carbocycles. The zero-order valence-electron chi connectivity index (χ0n) is 22.7. The third kappa shape index (κ3) is 2.66. The molecular weight excluding hydrogens is 486 g/mol. The topological polar surface area (TPSA) is 109 Å². The largest absolute Gasteiger partial charge is 0.458 e. The Balaban J connectivity index is 1.44. The Hall–Kier alpha value is -1.55. The Kier molecular flexibility index (Phi) is 5.36. The average molecular weight is 528 g/mol. The summed E-state index contributed by atoms with van der Waals surface area (Å²) in [6, 6.07) is 8.63. The molecule has 208 valence electrons. The van der Waals surface area contributed by atoms with Crippen molar-refractivity contribution in [1.82, 2.24) is 4.90 Å². The van der Waals surface area contributed by atoms with Crippen LogP contribution in [0.5, 0.6) is 0 Å². The van der Waals surface area contributed by atoms with Crippen molar-refractivity contribution in [1.29, 1.82) is 0 Å². The summed E-state index contributed by atoms with van der Waals surface area (Å²) in [6.45, 7) is 6.01. The predicted octanol–water partition coefficient (Wildman–Crippen LogP) is 1.86. The number of likely N-dealkylation sites (tertiary alicyclic amines) is 1. The zero-order valence-corrected chi connectivity index (χ0v) is 22.7. The molecule has 1 aromatic carbocycles. The van der Waals surface area contributed by atoms with Crippen molar-refractivity contribution in [2.75, 3.05) is 27.3 Å². The number of aliphatic hydroxyl groups excluding tert-OH is 1. The lowest BCUT2D eigenvalue weighted by atomic mass is 9.41. The van der Waals surface area contributed by atoms with Crippen molar-refractivity contribution >= 4 is 5.97 Å². The van der Waals surface area contributed by atoms with Crippen LogP contribution >= 0.6 is 0 Å². The van der Waals surface area contributed by atoms with Crippen LogP contribution < -0.4 is 0 Å². The van der Waals surface area contributed by atoms with Gasteiger partial charge in [0.2, 0.25) is 0 Å². The van der Waals surface area contributed by atoms with Gasteiger partial charge in [-0.2, -0.15) is 0 Å². The highest BCUT2D eigenvalue weighted by Gasteiger charge is 2.90. The van der Waals surface area contributed by atoms with Crippen LogP contribution in [-0.4, -0.2) is 95.2 Å². The van der Waals surface area contributed by atoms with Gasteiger partial charge in [-0.25, -0.2) is 4.79 Å². The van der Waals surface area contributed by atoms with Crippen LogP contribution in [0, 0.1) is 34.5 Å². The van der Waals surface area contributed by atoms with Crippen molar-refractivity contribution < 1.29 is 34.3 Å². The standard InChI is InChI=1S/C30H41NO7/c1-5-31-15-27(2)12-11-19(32)30-23(27)22(37-4)20(25(30)31)28(34)14-18(36-3)17-13-29(30,35)24(28)21(17)38-26(33)16-9-7-6-8-10-16/h6-10,17-25,32,34-35H,5,11-15H2,1-4H3. The first kappa shape index (κ1) is 25.4. The maximum atomic E-state index is 13.4. The number of esters is 1. The maximum absolute atomic E-state index is 13.4. The van der Waals surface area contributed by atoms with Gasteiger partial charge in [0.05, 0.1) is 41.0 Å². The smallest absolute Gasteiger partial charge is 0.338 e. The number of benzene rings is 1. The van der Waals surface area contributed by atoms with Gasteiger partial charge in [0, 0.05) is 56.4 Å². The second kappa shape index (κ2) is 8.02. The van der Waals surface area contributed by atoms with Crippen LogP contribution in [0.3, 0.4) is 0 Å². The molecule has 3 N–H and O–H groups in total. The SMILES string of the molecule is CCN1CC2(C)CCC(O)C34C1C(C(OC)C23)C1(O)CC(OC)C2CC4(O)C1C2OC(=O)c1ccccc1. The fourth-order valence-corrected chi connectivity index (χ4v) is 11.3. The molecule has 0 radical (unpaired) electrons. The highest BCUT2D eigenvalue weighted by atomic mass is 16.6. The number of nitrogens with zero attached hydrogens (tertiary/aromatic N) is 1. The quantitative estimate of drug-likeness (QED) is 0.498. The van der Waals surface area contributed by atoms with Crippen LogP contribution in [0.2, 0.25) is 0 Å². The van der Waals surface area contributed by atoms with E-state index in [4.69, 9.17) is 14.2 Å². The molecule has 1 heterocycles. The molecule has 6 aliphatic rings. The molecule has 8 nitrogen and oxygen atoms in total. The normalized spacial score (nSPS) is 54.1. The van der Waals surface area contributed by atoms with E-state index < -0.39 is 46.8 Å². The third-order valence-corrected chi connectivity index (χ3v) is 12.2. The van der Waals surface area contributed by atoms with Gasteiger partial charge in [-0.1, -0.05) is 32.0 Å². The summed E-state index contributed by atoms with van der Waals surface area (Å²) in [5.74, 6) is -1.96. The lowest BCUT2D eigenvalue weighted by Crippen LogP contribution is -2.81. The first-order chi connectivity index (χ1) is 18.1. The number of piperidine rings is 1. The number of aliphatic hydroxyl groups is 3. The fraction of sp³-hybridized carbons (Fsp3) is 0.767. The van der Waals surface area contributed by atoms with Gasteiger partial charge in [0.15, 0.2) is 0 Å². The number of rotatable bonds is 5. The van der Waals surface area contributed by atoms with E-state index in [2.05, 4.69) is 18.7 Å². The molecular formula is C30H41NO7. The van der Waals surface area contributed by atoms with E-state index in [1.807, 2.05) is 6.07 Å². The minimum Gasteiger partial charge on any atom is -0.458 e. The third-order valence-electron chi connectivity index (χ3n) is 12.2. The number of carbonyl (C=O) groups is 1. The van der Waals surface area contributed by atoms with Crippen LogP contribution in [0.1, 0.15) is 49.9 Å². The maximum Gasteiger partial charge on any atom is 0.338 e. The fourth-order valence-electron chi connectivity index (χ4n) is 11.3. The lowest BCUT2D eigenvalue weighted by Gasteiger charge is -2.70. The van der Waals surface area contributed by atoms with Gasteiger partial charge in [-0.15, -0.1) is 0 Å². The lowest BCUT2D eigenvalue weighted by molar-refractivity contribution is -0.321. The minimum absolute atomic E-state index is 0.119. The molecule has 38 heavy (non-hydrogen) atoms. The van der Waals surface area contributed by atoms with Gasteiger partial charge >= 0.3 is 5.97 Å². The molecule has 7 bridgehead atoms. The van der Waals surface area contributed by atoms with Crippen LogP contribution in [0.15, 0.2) is 30.3 Å². The molecule has 1 aliphatic heterocycles. The van der Waals surface area contributed by atoms with E-state index in [1.165, 1.54) is 0 Å². The Morgan fingerprint density at radius 3 is 2.47 bits per heavy atom. The summed E-state index contributed by atoms with van der Waals surface area (Å²) >= 11 is 0. The average Bonchev–Trinajstić information content (AvgIpc) is 3.32. The molecule has 0 aromatic heterocycles. The Morgan fingerprint density at radius 1 is 1.08 bits per heavy atom. The predicted molar refractivity (Wildman–Crippen MR) is 137 cm³/mol. The van der Waals surface area contributed by atoms with Gasteiger partial charge in [0.25, 0.3) is 0 Å². The Labute approximate surface area is 224 Å². The van der Waals surface area contributed by atoms with Crippen molar-refractivity contribution in [2.45, 2.75) is 81.2 Å². The molecule has 8 heteroatoms. The number of fused-ring (bicyclic) bond motifs is 2. The molecule has 1 aromatic rings. The zero-order chi connectivity index (χ0) is 26.8. The van der Waals surface area contributed by atoms with Crippen molar-refractivity contribution in [2.24, 2.45) is 34.5 Å². The van der Waals surface area contributed by atoms with Crippen molar-refractivity contribution in [3.63, 3.8) is 0 Å².